The van der Waals surface area contributed by atoms with Crippen LogP contribution in [0.2, 0.25) is 0 Å². The van der Waals surface area contributed by atoms with E-state index in [9.17, 15) is 18.7 Å². The second-order valence-electron chi connectivity index (χ2n) is 9.89. The molecule has 9 heteroatoms. The lowest BCUT2D eigenvalue weighted by Gasteiger charge is -2.26. The van der Waals surface area contributed by atoms with Gasteiger partial charge >= 0.3 is 0 Å². The molecule has 1 N–H and O–H groups in total. The van der Waals surface area contributed by atoms with Crippen molar-refractivity contribution in [1.29, 1.82) is 0 Å². The van der Waals surface area contributed by atoms with Crippen LogP contribution in [0.25, 0.3) is 11.4 Å². The van der Waals surface area contributed by atoms with E-state index >= 15 is 0 Å². The van der Waals surface area contributed by atoms with Crippen molar-refractivity contribution in [3.63, 3.8) is 0 Å². The Morgan fingerprint density at radius 1 is 1.06 bits per heavy atom. The lowest BCUT2D eigenvalue weighted by molar-refractivity contribution is 0.0693. The monoisotopic (exact) mass is 479 g/mol. The standard InChI is InChI=1S/C26H27F2N5O2/c1-15-10-20(31-23(22(15)28)26(2,3)35)32-11-16-13-33(14-17(16)12-32)25(34)21-18(6-4-7-19(21)27)24-29-8-5-9-30-24/h4-10,16-17,35H,11-14H2,1-3H3/t16-,17+. The summed E-state index contributed by atoms with van der Waals surface area (Å²) in [7, 11) is 0. The number of hydrogen-bond acceptors (Lipinski definition) is 6. The molecule has 2 aliphatic heterocycles. The van der Waals surface area contributed by atoms with Crippen molar-refractivity contribution in [3.8, 4) is 11.4 Å². The van der Waals surface area contributed by atoms with E-state index in [1.54, 1.807) is 48.5 Å². The van der Waals surface area contributed by atoms with Crippen LogP contribution in [-0.4, -0.2) is 57.0 Å². The first-order valence-corrected chi connectivity index (χ1v) is 11.6. The number of anilines is 1. The number of aromatic nitrogens is 3. The fourth-order valence-electron chi connectivity index (χ4n) is 5.08. The zero-order chi connectivity index (χ0) is 24.9. The van der Waals surface area contributed by atoms with Crippen molar-refractivity contribution in [1.82, 2.24) is 19.9 Å². The van der Waals surface area contributed by atoms with Crippen LogP contribution in [0.1, 0.15) is 35.5 Å². The van der Waals surface area contributed by atoms with E-state index in [1.165, 1.54) is 19.9 Å². The predicted octanol–water partition coefficient (Wildman–Crippen LogP) is 3.56. The Labute approximate surface area is 202 Å². The Morgan fingerprint density at radius 2 is 1.71 bits per heavy atom. The third-order valence-corrected chi connectivity index (χ3v) is 6.84. The lowest BCUT2D eigenvalue weighted by Crippen LogP contribution is -2.34. The molecule has 1 amide bonds. The molecule has 0 aliphatic carbocycles. The number of amides is 1. The third-order valence-electron chi connectivity index (χ3n) is 6.84. The van der Waals surface area contributed by atoms with Crippen molar-refractivity contribution in [2.75, 3.05) is 31.1 Å². The van der Waals surface area contributed by atoms with Crippen LogP contribution < -0.4 is 4.90 Å². The highest BCUT2D eigenvalue weighted by molar-refractivity contribution is 6.00. The van der Waals surface area contributed by atoms with Crippen molar-refractivity contribution in [3.05, 3.63) is 71.2 Å². The molecule has 0 bridgehead atoms. The van der Waals surface area contributed by atoms with E-state index in [2.05, 4.69) is 19.9 Å². The number of pyridine rings is 1. The number of carbonyl (C=O) groups is 1. The van der Waals surface area contributed by atoms with E-state index < -0.39 is 17.2 Å². The Kier molecular flexibility index (Phi) is 5.75. The van der Waals surface area contributed by atoms with Gasteiger partial charge < -0.3 is 14.9 Å². The Hall–Kier alpha value is -3.46. The summed E-state index contributed by atoms with van der Waals surface area (Å²) in [6.45, 7) is 6.95. The maximum Gasteiger partial charge on any atom is 0.257 e. The van der Waals surface area contributed by atoms with Gasteiger partial charge in [0.25, 0.3) is 5.91 Å². The Balaban J connectivity index is 1.35. The first kappa shape index (κ1) is 23.3. The first-order chi connectivity index (χ1) is 16.6. The molecule has 0 spiro atoms. The molecule has 35 heavy (non-hydrogen) atoms. The molecule has 0 unspecified atom stereocenters. The van der Waals surface area contributed by atoms with Crippen molar-refractivity contribution < 1.29 is 18.7 Å². The molecule has 4 heterocycles. The van der Waals surface area contributed by atoms with E-state index in [1.807, 2.05) is 0 Å². The molecule has 0 saturated carbocycles. The number of rotatable bonds is 4. The largest absolute Gasteiger partial charge is 0.384 e. The van der Waals surface area contributed by atoms with Crippen molar-refractivity contribution >= 4 is 11.7 Å². The van der Waals surface area contributed by atoms with Gasteiger partial charge in [0.2, 0.25) is 0 Å². The molecule has 2 saturated heterocycles. The number of likely N-dealkylation sites (tertiary alicyclic amines) is 1. The van der Waals surface area contributed by atoms with Gasteiger partial charge in [0.05, 0.1) is 5.56 Å². The number of carbonyl (C=O) groups excluding carboxylic acids is 1. The number of benzene rings is 1. The minimum atomic E-state index is -1.40. The predicted molar refractivity (Wildman–Crippen MR) is 127 cm³/mol. The summed E-state index contributed by atoms with van der Waals surface area (Å²) < 4.78 is 29.4. The Bertz CT molecular complexity index is 1260. The number of aliphatic hydroxyl groups is 1. The van der Waals surface area contributed by atoms with E-state index in [-0.39, 0.29) is 29.0 Å². The second kappa shape index (κ2) is 8.64. The van der Waals surface area contributed by atoms with E-state index in [0.29, 0.717) is 48.9 Å². The molecule has 182 valence electrons. The van der Waals surface area contributed by atoms with Crippen LogP contribution in [0.15, 0.2) is 42.7 Å². The number of nitrogens with zero attached hydrogens (tertiary/aromatic N) is 5. The molecule has 7 nitrogen and oxygen atoms in total. The van der Waals surface area contributed by atoms with Gasteiger partial charge in [-0.25, -0.2) is 23.7 Å². The Morgan fingerprint density at radius 3 is 2.34 bits per heavy atom. The van der Waals surface area contributed by atoms with Crippen molar-refractivity contribution in [2.45, 2.75) is 26.4 Å². The molecular formula is C26H27F2N5O2. The molecule has 2 aromatic heterocycles. The zero-order valence-corrected chi connectivity index (χ0v) is 19.9. The van der Waals surface area contributed by atoms with Gasteiger partial charge in [0, 0.05) is 56.0 Å². The van der Waals surface area contributed by atoms with Crippen molar-refractivity contribution in [2.24, 2.45) is 11.8 Å². The number of hydrogen-bond donors (Lipinski definition) is 1. The smallest absolute Gasteiger partial charge is 0.257 e. The molecule has 2 fully saturated rings. The van der Waals surface area contributed by atoms with Gasteiger partial charge in [-0.05, 0) is 44.5 Å². The van der Waals surface area contributed by atoms with E-state index in [0.717, 1.165) is 0 Å². The summed E-state index contributed by atoms with van der Waals surface area (Å²) in [6, 6.07) is 7.85. The first-order valence-electron chi connectivity index (χ1n) is 11.6. The molecule has 5 rings (SSSR count). The highest BCUT2D eigenvalue weighted by atomic mass is 19.1. The topological polar surface area (TPSA) is 82.5 Å². The van der Waals surface area contributed by atoms with Crippen LogP contribution in [0.3, 0.4) is 0 Å². The quantitative estimate of drug-likeness (QED) is 0.616. The number of aryl methyl sites for hydroxylation is 1. The fourth-order valence-corrected chi connectivity index (χ4v) is 5.08. The molecule has 3 aromatic rings. The average Bonchev–Trinajstić information content (AvgIpc) is 3.39. The summed E-state index contributed by atoms with van der Waals surface area (Å²) >= 11 is 0. The highest BCUT2D eigenvalue weighted by Gasteiger charge is 2.43. The lowest BCUT2D eigenvalue weighted by atomic mass is 10.0. The number of halogens is 2. The minimum Gasteiger partial charge on any atom is -0.384 e. The van der Waals surface area contributed by atoms with Gasteiger partial charge in [-0.3, -0.25) is 4.79 Å². The summed E-state index contributed by atoms with van der Waals surface area (Å²) in [5, 5.41) is 10.3. The fraction of sp³-hybridized carbons (Fsp3) is 0.385. The average molecular weight is 480 g/mol. The van der Waals surface area contributed by atoms with Crippen LogP contribution >= 0.6 is 0 Å². The van der Waals surface area contributed by atoms with Gasteiger partial charge in [-0.1, -0.05) is 12.1 Å². The summed E-state index contributed by atoms with van der Waals surface area (Å²) in [4.78, 5) is 30.0. The number of fused-ring (bicyclic) bond motifs is 1. The normalized spacial score (nSPS) is 19.8. The van der Waals surface area contributed by atoms with Gasteiger partial charge in [-0.15, -0.1) is 0 Å². The van der Waals surface area contributed by atoms with Crippen LogP contribution in [0.5, 0.6) is 0 Å². The van der Waals surface area contributed by atoms with Crippen LogP contribution in [0.4, 0.5) is 14.6 Å². The summed E-state index contributed by atoms with van der Waals surface area (Å²) in [5.74, 6) is -0.178. The van der Waals surface area contributed by atoms with Gasteiger partial charge in [0.1, 0.15) is 22.9 Å². The van der Waals surface area contributed by atoms with Crippen LogP contribution in [-0.2, 0) is 5.60 Å². The van der Waals surface area contributed by atoms with Gasteiger partial charge in [0.15, 0.2) is 11.6 Å². The SMILES string of the molecule is Cc1cc(N2C[C@H]3CN(C(=O)c4c(F)cccc4-c4ncccn4)C[C@H]3C2)nc(C(C)(C)O)c1F. The molecule has 2 atom stereocenters. The molecular weight excluding hydrogens is 452 g/mol. The highest BCUT2D eigenvalue weighted by Crippen LogP contribution is 2.36. The summed E-state index contributed by atoms with van der Waals surface area (Å²) in [5.41, 5.74) is -0.586. The van der Waals surface area contributed by atoms with Crippen LogP contribution in [0, 0.1) is 30.4 Å². The zero-order valence-electron chi connectivity index (χ0n) is 19.9. The maximum absolute atomic E-state index is 14.8. The van der Waals surface area contributed by atoms with Gasteiger partial charge in [-0.2, -0.15) is 0 Å². The minimum absolute atomic E-state index is 0.0128. The third kappa shape index (κ3) is 4.25. The van der Waals surface area contributed by atoms with E-state index in [4.69, 9.17) is 0 Å². The second-order valence-corrected chi connectivity index (χ2v) is 9.89. The molecule has 0 radical (unpaired) electrons. The maximum atomic E-state index is 14.8. The molecule has 2 aliphatic rings. The molecule has 1 aromatic carbocycles. The summed E-state index contributed by atoms with van der Waals surface area (Å²) in [6.07, 6.45) is 3.12.